The van der Waals surface area contributed by atoms with Crippen LogP contribution in [0.1, 0.15) is 171 Å². The van der Waals surface area contributed by atoms with Gasteiger partial charge in [-0.3, -0.25) is 0 Å². The Balaban J connectivity index is 0.000000205. The molecule has 8 bridgehead atoms. The minimum absolute atomic E-state index is 0.163. The minimum atomic E-state index is -3.53. The quantitative estimate of drug-likeness (QED) is 0.0701. The molecule has 0 aromatic rings. The Kier molecular flexibility index (Phi) is 21.8. The van der Waals surface area contributed by atoms with E-state index in [9.17, 15) is 47.4 Å². The van der Waals surface area contributed by atoms with Gasteiger partial charge in [0.1, 0.15) is 30.0 Å². The van der Waals surface area contributed by atoms with Crippen LogP contribution in [-0.4, -0.2) is 101 Å². The lowest BCUT2D eigenvalue weighted by Crippen LogP contribution is -2.60. The maximum Gasteiger partial charge on any atom is 0.376 e. The Morgan fingerprint density at radius 1 is 0.627 bits per heavy atom. The first kappa shape index (κ1) is 62.4. The van der Waals surface area contributed by atoms with Gasteiger partial charge in [-0.1, -0.05) is 46.7 Å². The topological polar surface area (TPSA) is 204 Å². The molecular formula is C58H84F2O15. The summed E-state index contributed by atoms with van der Waals surface area (Å²) in [4.78, 5) is 78.1. The fourth-order valence-electron chi connectivity index (χ4n) is 12.8. The molecule has 10 rings (SSSR count). The van der Waals surface area contributed by atoms with Gasteiger partial charge >= 0.3 is 47.7 Å². The summed E-state index contributed by atoms with van der Waals surface area (Å²) in [6.45, 7) is 30.1. The van der Waals surface area contributed by atoms with E-state index in [1.165, 1.54) is 65.2 Å². The van der Waals surface area contributed by atoms with Gasteiger partial charge in [0.2, 0.25) is 6.10 Å². The Morgan fingerprint density at radius 2 is 1.08 bits per heavy atom. The summed E-state index contributed by atoms with van der Waals surface area (Å²) in [5, 5.41) is 10.5. The third-order valence-corrected chi connectivity index (χ3v) is 15.9. The van der Waals surface area contributed by atoms with E-state index in [1.807, 2.05) is 0 Å². The van der Waals surface area contributed by atoms with Crippen molar-refractivity contribution in [3.8, 4) is 0 Å². The first-order valence-corrected chi connectivity index (χ1v) is 26.7. The number of hydrogen-bond acceptors (Lipinski definition) is 15. The molecule has 0 amide bonds. The average molecular weight is 1060 g/mol. The second-order valence-corrected chi connectivity index (χ2v) is 22.8. The standard InChI is InChI=1S/C16H24O2.C14H20O3.C11H18O2.C9H12F2O4.C8H10O4/c1-4-16(18-15(17)10(2)3)13-6-11-5-12(8-13)9-14(16)7-11;1-9(2)12(15)17-14-6-10-3-11(7-14)5-13(16,4-10)8-14;1-4-11(7-5-6-8-11)13-10(12)9(2)3;1-6(2)7(12)14-4-5-15-8(13)9(3,10)11;1-5(2)7(9)12-6-3-4-11-8(6)10/h11-14H,2,4-9H2,1,3H3;10-11,16H,1,3-8H2,2H3;2,4-8H2,1,3H3;1,4-5H2,2-3H3;6H,1,3-4H2,2H3. The number of aliphatic hydroxyl groups is 1. The lowest BCUT2D eigenvalue weighted by atomic mass is 9.49. The highest BCUT2D eigenvalue weighted by molar-refractivity contribution is 5.90. The van der Waals surface area contributed by atoms with E-state index in [0.717, 1.165) is 63.2 Å². The van der Waals surface area contributed by atoms with Crippen molar-refractivity contribution >= 4 is 41.8 Å². The minimum Gasteiger partial charge on any atom is -0.463 e. The molecule has 3 atom stereocenters. The number of carbonyl (C=O) groups is 7. The molecule has 1 N–H and O–H groups in total. The molecule has 0 spiro atoms. The molecule has 0 radical (unpaired) electrons. The maximum absolute atomic E-state index is 12.2. The van der Waals surface area contributed by atoms with Crippen molar-refractivity contribution in [3.63, 3.8) is 0 Å². The molecule has 1 saturated heterocycles. The molecule has 9 saturated carbocycles. The van der Waals surface area contributed by atoms with Crippen molar-refractivity contribution in [1.82, 2.24) is 0 Å². The summed E-state index contributed by atoms with van der Waals surface area (Å²) in [7, 11) is 0. The predicted octanol–water partition coefficient (Wildman–Crippen LogP) is 10.5. The second-order valence-electron chi connectivity index (χ2n) is 22.8. The smallest absolute Gasteiger partial charge is 0.376 e. The molecule has 15 nitrogen and oxygen atoms in total. The zero-order valence-corrected chi connectivity index (χ0v) is 45.8. The molecule has 10 fully saturated rings. The molecule has 1 aliphatic heterocycles. The Hall–Kier alpha value is -5.19. The zero-order valence-electron chi connectivity index (χ0n) is 45.8. The SMILES string of the molecule is C=C(C)C(=O)OC1(CC)C2CC3CC(C2)CC1C3.C=C(C)C(=O)OC1(CC)CCCC1.C=C(C)C(=O)OC12CC3CC(CC(O)(C3)C1)C2.C=C(C)C(=O)OC1CCOC1=O.C=C(C)C(=O)OCCOC(=O)C(C)(F)F. The van der Waals surface area contributed by atoms with Crippen molar-refractivity contribution in [3.05, 3.63) is 60.8 Å². The van der Waals surface area contributed by atoms with E-state index >= 15 is 0 Å². The fraction of sp³-hybridized carbons (Fsp3) is 0.707. The predicted molar refractivity (Wildman–Crippen MR) is 274 cm³/mol. The normalized spacial score (nSPS) is 30.5. The molecule has 9 aliphatic carbocycles. The van der Waals surface area contributed by atoms with Crippen LogP contribution in [0.15, 0.2) is 60.8 Å². The lowest BCUT2D eigenvalue weighted by Gasteiger charge is -2.60. The Labute approximate surface area is 442 Å². The lowest BCUT2D eigenvalue weighted by molar-refractivity contribution is -0.217. The third-order valence-electron chi connectivity index (χ3n) is 15.9. The summed E-state index contributed by atoms with van der Waals surface area (Å²) in [5.41, 5.74) is 0.661. The molecule has 75 heavy (non-hydrogen) atoms. The fourth-order valence-corrected chi connectivity index (χ4v) is 12.8. The van der Waals surface area contributed by atoms with Crippen LogP contribution in [0, 0.1) is 35.5 Å². The van der Waals surface area contributed by atoms with Crippen molar-refractivity contribution in [1.29, 1.82) is 0 Å². The number of hydrogen-bond donors (Lipinski definition) is 1. The number of alkyl halides is 2. The van der Waals surface area contributed by atoms with Crippen molar-refractivity contribution in [2.24, 2.45) is 35.5 Å². The summed E-state index contributed by atoms with van der Waals surface area (Å²) in [5.74, 6) is -3.41. The molecule has 10 aliphatic rings. The molecule has 0 aromatic heterocycles. The van der Waals surface area contributed by atoms with Gasteiger partial charge in [-0.05, 0) is 173 Å². The van der Waals surface area contributed by atoms with Gasteiger partial charge in [0.15, 0.2) is 0 Å². The third kappa shape index (κ3) is 17.2. The molecule has 3 unspecified atom stereocenters. The van der Waals surface area contributed by atoms with Gasteiger partial charge in [-0.15, -0.1) is 0 Å². The van der Waals surface area contributed by atoms with E-state index < -0.39 is 53.7 Å². The number of carbonyl (C=O) groups excluding carboxylic acids is 7. The first-order valence-electron chi connectivity index (χ1n) is 26.7. The monoisotopic (exact) mass is 1060 g/mol. The van der Waals surface area contributed by atoms with E-state index in [2.05, 4.69) is 61.0 Å². The summed E-state index contributed by atoms with van der Waals surface area (Å²) >= 11 is 0. The van der Waals surface area contributed by atoms with Crippen LogP contribution in [0.5, 0.6) is 0 Å². The highest BCUT2D eigenvalue weighted by Gasteiger charge is 2.60. The van der Waals surface area contributed by atoms with E-state index in [-0.39, 0.29) is 46.9 Å². The molecule has 420 valence electrons. The van der Waals surface area contributed by atoms with Gasteiger partial charge in [0.25, 0.3) is 0 Å². The summed E-state index contributed by atoms with van der Waals surface area (Å²) < 4.78 is 59.6. The second kappa shape index (κ2) is 26.2. The summed E-state index contributed by atoms with van der Waals surface area (Å²) in [6.07, 6.45) is 18.1. The summed E-state index contributed by atoms with van der Waals surface area (Å²) in [6, 6.07) is 0. The van der Waals surface area contributed by atoms with Gasteiger partial charge in [-0.2, -0.15) is 8.78 Å². The van der Waals surface area contributed by atoms with Gasteiger partial charge in [0.05, 0.1) is 12.2 Å². The number of rotatable bonds is 15. The van der Waals surface area contributed by atoms with Crippen LogP contribution < -0.4 is 0 Å². The van der Waals surface area contributed by atoms with Crippen LogP contribution in [-0.2, 0) is 66.7 Å². The van der Waals surface area contributed by atoms with Crippen LogP contribution in [0.4, 0.5) is 8.78 Å². The number of halogens is 2. The highest BCUT2D eigenvalue weighted by atomic mass is 19.3. The Morgan fingerprint density at radius 3 is 1.49 bits per heavy atom. The van der Waals surface area contributed by atoms with E-state index in [4.69, 9.17) is 18.9 Å². The van der Waals surface area contributed by atoms with Crippen LogP contribution >= 0.6 is 0 Å². The van der Waals surface area contributed by atoms with Crippen LogP contribution in [0.2, 0.25) is 0 Å². The Bertz CT molecular complexity index is 2140. The average Bonchev–Trinajstić information content (AvgIpc) is 3.96. The van der Waals surface area contributed by atoms with E-state index in [0.29, 0.717) is 66.8 Å². The van der Waals surface area contributed by atoms with Gasteiger partial charge in [-0.25, -0.2) is 33.6 Å². The zero-order chi connectivity index (χ0) is 56.3. The first-order chi connectivity index (χ1) is 34.9. The van der Waals surface area contributed by atoms with E-state index in [1.54, 1.807) is 20.8 Å². The molecular weight excluding hydrogens is 975 g/mol. The van der Waals surface area contributed by atoms with Crippen LogP contribution in [0.3, 0.4) is 0 Å². The molecule has 0 aromatic carbocycles. The molecule has 1 heterocycles. The van der Waals surface area contributed by atoms with Crippen molar-refractivity contribution in [2.45, 2.75) is 205 Å². The van der Waals surface area contributed by atoms with Crippen LogP contribution in [0.25, 0.3) is 0 Å². The number of esters is 7. The van der Waals surface area contributed by atoms with Crippen molar-refractivity contribution < 1.29 is 80.6 Å². The van der Waals surface area contributed by atoms with Gasteiger partial charge < -0.3 is 38.3 Å². The van der Waals surface area contributed by atoms with Gasteiger partial charge in [0, 0.05) is 47.6 Å². The number of cyclic esters (lactones) is 1. The maximum atomic E-state index is 12.2. The number of ether oxygens (including phenoxy) is 7. The van der Waals surface area contributed by atoms with Crippen molar-refractivity contribution in [2.75, 3.05) is 19.8 Å². The highest BCUT2D eigenvalue weighted by Crippen LogP contribution is 2.61. The molecule has 17 heteroatoms. The largest absolute Gasteiger partial charge is 0.463 e.